The topological polar surface area (TPSA) is 12.5 Å². The van der Waals surface area contributed by atoms with Gasteiger partial charge in [0.15, 0.2) is 0 Å². The number of alkyl halides is 1. The molecule has 23 heavy (non-hydrogen) atoms. The van der Waals surface area contributed by atoms with Crippen LogP contribution in [0.1, 0.15) is 30.0 Å². The molecule has 1 heterocycles. The average Bonchev–Trinajstić information content (AvgIpc) is 2.57. The number of likely N-dealkylation sites (tertiary alicyclic amines) is 1. The van der Waals surface area contributed by atoms with Gasteiger partial charge in [-0.05, 0) is 42.2 Å². The number of rotatable bonds is 4. The van der Waals surface area contributed by atoms with Gasteiger partial charge >= 0.3 is 0 Å². The van der Waals surface area contributed by atoms with Crippen LogP contribution in [0.3, 0.4) is 0 Å². The van der Waals surface area contributed by atoms with Crippen LogP contribution in [0.4, 0.5) is 4.39 Å². The van der Waals surface area contributed by atoms with E-state index in [0.29, 0.717) is 13.0 Å². The Bertz CT molecular complexity index is 646. The maximum atomic E-state index is 14.0. The van der Waals surface area contributed by atoms with Gasteiger partial charge in [-0.15, -0.1) is 0 Å². The molecule has 122 valence electrons. The molecule has 0 amide bonds. The molecule has 1 aliphatic heterocycles. The van der Waals surface area contributed by atoms with Gasteiger partial charge in [0.1, 0.15) is 11.9 Å². The summed E-state index contributed by atoms with van der Waals surface area (Å²) in [5.41, 5.74) is 2.42. The Labute approximate surface area is 145 Å². The lowest BCUT2D eigenvalue weighted by Crippen LogP contribution is -2.38. The van der Waals surface area contributed by atoms with Crippen LogP contribution in [-0.2, 0) is 6.54 Å². The number of methoxy groups -OCH3 is 1. The molecule has 0 aromatic heterocycles. The van der Waals surface area contributed by atoms with Crippen LogP contribution in [0, 0.1) is 0 Å². The number of benzene rings is 2. The molecule has 2 atom stereocenters. The molecule has 0 aliphatic carbocycles. The third kappa shape index (κ3) is 3.93. The molecule has 2 unspecified atom stereocenters. The molecule has 0 N–H and O–H groups in total. The van der Waals surface area contributed by atoms with E-state index >= 15 is 0 Å². The molecule has 0 spiro atoms. The normalized spacial score (nSPS) is 22.0. The van der Waals surface area contributed by atoms with Crippen LogP contribution < -0.4 is 4.74 Å². The molecular weight excluding hydrogens is 357 g/mol. The van der Waals surface area contributed by atoms with Crippen molar-refractivity contribution in [3.05, 3.63) is 64.1 Å². The summed E-state index contributed by atoms with van der Waals surface area (Å²) < 4.78 is 20.3. The van der Waals surface area contributed by atoms with Crippen molar-refractivity contribution >= 4 is 15.9 Å². The summed E-state index contributed by atoms with van der Waals surface area (Å²) in [5.74, 6) is 0.845. The molecule has 0 saturated carbocycles. The van der Waals surface area contributed by atoms with Gasteiger partial charge in [0.05, 0.1) is 7.11 Å². The zero-order chi connectivity index (χ0) is 16.2. The first-order chi connectivity index (χ1) is 11.2. The van der Waals surface area contributed by atoms with Crippen molar-refractivity contribution in [3.8, 4) is 5.75 Å². The molecule has 4 heteroatoms. The van der Waals surface area contributed by atoms with Crippen molar-refractivity contribution in [1.29, 1.82) is 0 Å². The molecule has 2 aromatic rings. The first-order valence-corrected chi connectivity index (χ1v) is 8.72. The molecular formula is C19H21BrFNO. The highest BCUT2D eigenvalue weighted by atomic mass is 79.9. The third-order valence-corrected chi connectivity index (χ3v) is 5.16. The first kappa shape index (κ1) is 16.5. The lowest BCUT2D eigenvalue weighted by atomic mass is 9.94. The summed E-state index contributed by atoms with van der Waals surface area (Å²) >= 11 is 3.64. The third-order valence-electron chi connectivity index (χ3n) is 4.44. The number of hydrogen-bond donors (Lipinski definition) is 0. The molecule has 1 saturated heterocycles. The van der Waals surface area contributed by atoms with Gasteiger partial charge in [0.2, 0.25) is 0 Å². The summed E-state index contributed by atoms with van der Waals surface area (Å²) in [6.45, 7) is 1.23. The van der Waals surface area contributed by atoms with E-state index < -0.39 is 6.17 Å². The van der Waals surface area contributed by atoms with Gasteiger partial charge in [-0.1, -0.05) is 46.3 Å². The van der Waals surface area contributed by atoms with Crippen LogP contribution in [0.25, 0.3) is 0 Å². The van der Waals surface area contributed by atoms with Crippen LogP contribution >= 0.6 is 15.9 Å². The maximum absolute atomic E-state index is 14.0. The number of piperidine rings is 1. The number of ether oxygens (including phenoxy) is 1. The number of nitrogens with zero attached hydrogens (tertiary/aromatic N) is 1. The fourth-order valence-electron chi connectivity index (χ4n) is 3.23. The Kier molecular flexibility index (Phi) is 5.34. The van der Waals surface area contributed by atoms with E-state index in [4.69, 9.17) is 4.74 Å². The predicted octanol–water partition coefficient (Wildman–Crippen LogP) is 5.13. The van der Waals surface area contributed by atoms with E-state index in [1.54, 1.807) is 7.11 Å². The molecule has 0 bridgehead atoms. The van der Waals surface area contributed by atoms with E-state index in [2.05, 4.69) is 45.1 Å². The summed E-state index contributed by atoms with van der Waals surface area (Å²) in [6.07, 6.45) is 0.734. The van der Waals surface area contributed by atoms with Crippen molar-refractivity contribution in [2.24, 2.45) is 0 Å². The van der Waals surface area contributed by atoms with Gasteiger partial charge in [0.25, 0.3) is 0 Å². The standard InChI is InChI=1S/C19H21BrFNO/c1-23-16-9-6-14(7-10-16)12-22-13-15(21)8-11-19(22)17-4-2-3-5-18(17)20/h2-7,9-10,15,19H,8,11-13H2,1H3. The summed E-state index contributed by atoms with van der Waals surface area (Å²) in [7, 11) is 1.66. The van der Waals surface area contributed by atoms with Crippen molar-refractivity contribution in [1.82, 2.24) is 4.90 Å². The Morgan fingerprint density at radius 1 is 1.13 bits per heavy atom. The Balaban J connectivity index is 1.82. The largest absolute Gasteiger partial charge is 0.497 e. The minimum absolute atomic E-state index is 0.250. The van der Waals surface area contributed by atoms with Gasteiger partial charge in [-0.2, -0.15) is 0 Å². The smallest absolute Gasteiger partial charge is 0.118 e. The van der Waals surface area contributed by atoms with Crippen molar-refractivity contribution in [3.63, 3.8) is 0 Å². The van der Waals surface area contributed by atoms with Gasteiger partial charge in [-0.25, -0.2) is 4.39 Å². The Morgan fingerprint density at radius 2 is 1.87 bits per heavy atom. The predicted molar refractivity (Wildman–Crippen MR) is 94.4 cm³/mol. The van der Waals surface area contributed by atoms with E-state index in [9.17, 15) is 4.39 Å². The molecule has 2 nitrogen and oxygen atoms in total. The fraction of sp³-hybridized carbons (Fsp3) is 0.368. The van der Waals surface area contributed by atoms with Crippen molar-refractivity contribution in [2.45, 2.75) is 31.6 Å². The van der Waals surface area contributed by atoms with Crippen molar-refractivity contribution in [2.75, 3.05) is 13.7 Å². The van der Waals surface area contributed by atoms with Crippen LogP contribution in [0.5, 0.6) is 5.75 Å². The molecule has 3 rings (SSSR count). The minimum Gasteiger partial charge on any atom is -0.497 e. The maximum Gasteiger partial charge on any atom is 0.118 e. The summed E-state index contributed by atoms with van der Waals surface area (Å²) in [5, 5.41) is 0. The average molecular weight is 378 g/mol. The second-order valence-corrected chi connectivity index (χ2v) is 6.84. The van der Waals surface area contributed by atoms with E-state index in [0.717, 1.165) is 23.2 Å². The zero-order valence-corrected chi connectivity index (χ0v) is 14.8. The number of hydrogen-bond acceptors (Lipinski definition) is 2. The van der Waals surface area contributed by atoms with Gasteiger partial charge in [-0.3, -0.25) is 4.90 Å². The van der Waals surface area contributed by atoms with E-state index in [1.807, 2.05) is 24.3 Å². The minimum atomic E-state index is -0.744. The van der Waals surface area contributed by atoms with E-state index in [1.165, 1.54) is 11.1 Å². The second-order valence-electron chi connectivity index (χ2n) is 5.99. The highest BCUT2D eigenvalue weighted by molar-refractivity contribution is 9.10. The fourth-order valence-corrected chi connectivity index (χ4v) is 3.78. The zero-order valence-electron chi connectivity index (χ0n) is 13.2. The lowest BCUT2D eigenvalue weighted by Gasteiger charge is -2.38. The lowest BCUT2D eigenvalue weighted by molar-refractivity contribution is 0.0772. The molecule has 2 aromatic carbocycles. The molecule has 0 radical (unpaired) electrons. The van der Waals surface area contributed by atoms with Gasteiger partial charge in [0, 0.05) is 23.6 Å². The van der Waals surface area contributed by atoms with Gasteiger partial charge < -0.3 is 4.74 Å². The second kappa shape index (κ2) is 7.45. The quantitative estimate of drug-likeness (QED) is 0.731. The van der Waals surface area contributed by atoms with Crippen LogP contribution in [0.15, 0.2) is 53.0 Å². The van der Waals surface area contributed by atoms with E-state index in [-0.39, 0.29) is 6.04 Å². The molecule has 1 aliphatic rings. The van der Waals surface area contributed by atoms with Crippen LogP contribution in [0.2, 0.25) is 0 Å². The Morgan fingerprint density at radius 3 is 2.57 bits per heavy atom. The first-order valence-electron chi connectivity index (χ1n) is 7.93. The highest BCUT2D eigenvalue weighted by Gasteiger charge is 2.30. The summed E-state index contributed by atoms with van der Waals surface area (Å²) in [6, 6.07) is 16.5. The molecule has 1 fully saturated rings. The number of halogens is 2. The highest BCUT2D eigenvalue weighted by Crippen LogP contribution is 2.36. The Hall–Kier alpha value is -1.39. The van der Waals surface area contributed by atoms with Crippen molar-refractivity contribution < 1.29 is 9.13 Å². The monoisotopic (exact) mass is 377 g/mol. The van der Waals surface area contributed by atoms with Crippen LogP contribution in [-0.4, -0.2) is 24.7 Å². The SMILES string of the molecule is COc1ccc(CN2CC(F)CCC2c2ccccc2Br)cc1. The summed E-state index contributed by atoms with van der Waals surface area (Å²) in [4.78, 5) is 2.25.